The highest BCUT2D eigenvalue weighted by atomic mass is 35.5. The first-order valence-electron chi connectivity index (χ1n) is 9.55. The van der Waals surface area contributed by atoms with Crippen molar-refractivity contribution >= 4 is 28.2 Å². The quantitative estimate of drug-likeness (QED) is 0.614. The Morgan fingerprint density at radius 1 is 1.10 bits per heavy atom. The van der Waals surface area contributed by atoms with E-state index in [1.165, 1.54) is 0 Å². The molecule has 1 aliphatic heterocycles. The smallest absolute Gasteiger partial charge is 0.141 e. The van der Waals surface area contributed by atoms with Crippen LogP contribution in [-0.2, 0) is 4.74 Å². The van der Waals surface area contributed by atoms with E-state index < -0.39 is 0 Å². The predicted octanol–water partition coefficient (Wildman–Crippen LogP) is 4.77. The van der Waals surface area contributed by atoms with Crippen molar-refractivity contribution in [2.45, 2.75) is 20.3 Å². The van der Waals surface area contributed by atoms with E-state index in [0.29, 0.717) is 23.3 Å². The van der Waals surface area contributed by atoms with Crippen LogP contribution in [0.4, 0.5) is 5.82 Å². The second-order valence-corrected chi connectivity index (χ2v) is 7.51. The molecule has 3 heterocycles. The number of anilines is 1. The van der Waals surface area contributed by atoms with E-state index >= 15 is 0 Å². The molecule has 1 fully saturated rings. The Kier molecular flexibility index (Phi) is 5.48. The lowest BCUT2D eigenvalue weighted by molar-refractivity contribution is 0.107. The molecular formula is C22H24ClN3O3. The van der Waals surface area contributed by atoms with Crippen LogP contribution >= 0.6 is 11.6 Å². The van der Waals surface area contributed by atoms with E-state index in [9.17, 15) is 0 Å². The summed E-state index contributed by atoms with van der Waals surface area (Å²) in [4.78, 5) is 11.7. The Labute approximate surface area is 175 Å². The highest BCUT2D eigenvalue weighted by Gasteiger charge is 2.22. The molecule has 2 aromatic heterocycles. The highest BCUT2D eigenvalue weighted by molar-refractivity contribution is 6.35. The summed E-state index contributed by atoms with van der Waals surface area (Å²) in [7, 11) is 3.23. The van der Waals surface area contributed by atoms with E-state index in [1.807, 2.05) is 26.1 Å². The van der Waals surface area contributed by atoms with Gasteiger partial charge in [0.25, 0.3) is 0 Å². The fourth-order valence-electron chi connectivity index (χ4n) is 3.73. The van der Waals surface area contributed by atoms with Crippen molar-refractivity contribution in [3.8, 4) is 22.8 Å². The maximum absolute atomic E-state index is 6.72. The van der Waals surface area contributed by atoms with Crippen LogP contribution in [0.25, 0.3) is 22.0 Å². The molecule has 0 spiro atoms. The molecule has 7 heteroatoms. The van der Waals surface area contributed by atoms with E-state index in [-0.39, 0.29) is 0 Å². The molecule has 152 valence electrons. The number of hydrogen-bond acceptors (Lipinski definition) is 6. The minimum Gasteiger partial charge on any atom is -0.496 e. The Morgan fingerprint density at radius 3 is 2.59 bits per heavy atom. The zero-order valence-corrected chi connectivity index (χ0v) is 17.8. The minimum absolute atomic E-state index is 0.513. The lowest BCUT2D eigenvalue weighted by Crippen LogP contribution is -2.33. The third-order valence-electron chi connectivity index (χ3n) is 5.23. The number of pyridine rings is 2. The van der Waals surface area contributed by atoms with Gasteiger partial charge in [0.1, 0.15) is 24.0 Å². The van der Waals surface area contributed by atoms with Crippen molar-refractivity contribution in [2.75, 3.05) is 39.0 Å². The number of hydrogen-bond donors (Lipinski definition) is 0. The largest absolute Gasteiger partial charge is 0.496 e. The van der Waals surface area contributed by atoms with Gasteiger partial charge in [0, 0.05) is 46.4 Å². The lowest BCUT2D eigenvalue weighted by atomic mass is 10.0. The molecule has 6 nitrogen and oxygen atoms in total. The Balaban J connectivity index is 1.99. The third kappa shape index (κ3) is 3.58. The Morgan fingerprint density at radius 2 is 1.90 bits per heavy atom. The number of aromatic nitrogens is 2. The average molecular weight is 414 g/mol. The first kappa shape index (κ1) is 19.7. The SMILES string of the molecule is COc1cc(OC)c(Cl)c(-c2cc3cnc(C)cc3c(N3CCCOC3)n2)c1C. The average Bonchev–Trinajstić information content (AvgIpc) is 2.74. The van der Waals surface area contributed by atoms with Crippen LogP contribution in [-0.4, -0.2) is 44.1 Å². The topological polar surface area (TPSA) is 56.7 Å². The van der Waals surface area contributed by atoms with Crippen LogP contribution in [0.1, 0.15) is 17.7 Å². The van der Waals surface area contributed by atoms with Crippen LogP contribution < -0.4 is 14.4 Å². The second-order valence-electron chi connectivity index (χ2n) is 7.13. The van der Waals surface area contributed by atoms with Crippen LogP contribution in [0, 0.1) is 13.8 Å². The van der Waals surface area contributed by atoms with Crippen LogP contribution in [0.2, 0.25) is 5.02 Å². The summed E-state index contributed by atoms with van der Waals surface area (Å²) < 4.78 is 16.7. The number of aryl methyl sites for hydroxylation is 1. The van der Waals surface area contributed by atoms with Crippen LogP contribution in [0.3, 0.4) is 0 Å². The lowest BCUT2D eigenvalue weighted by Gasteiger charge is -2.29. The summed E-state index contributed by atoms with van der Waals surface area (Å²) in [6.07, 6.45) is 2.84. The molecule has 29 heavy (non-hydrogen) atoms. The summed E-state index contributed by atoms with van der Waals surface area (Å²) in [5, 5.41) is 2.56. The van der Waals surface area contributed by atoms with Crippen molar-refractivity contribution in [2.24, 2.45) is 0 Å². The molecule has 0 N–H and O–H groups in total. The Hall–Kier alpha value is -2.57. The van der Waals surface area contributed by atoms with Gasteiger partial charge in [-0.2, -0.15) is 0 Å². The van der Waals surface area contributed by atoms with Crippen LogP contribution in [0.5, 0.6) is 11.5 Å². The molecule has 0 unspecified atom stereocenters. The number of nitrogens with zero attached hydrogens (tertiary/aromatic N) is 3. The van der Waals surface area contributed by atoms with Crippen molar-refractivity contribution in [1.29, 1.82) is 0 Å². The van der Waals surface area contributed by atoms with E-state index in [0.717, 1.165) is 58.7 Å². The molecule has 0 aliphatic carbocycles. The summed E-state index contributed by atoms with van der Waals surface area (Å²) in [6.45, 7) is 6.13. The monoisotopic (exact) mass is 413 g/mol. The summed E-state index contributed by atoms with van der Waals surface area (Å²) >= 11 is 6.72. The molecule has 1 saturated heterocycles. The number of rotatable bonds is 4. The first-order chi connectivity index (χ1) is 14.0. The number of halogens is 1. The van der Waals surface area contributed by atoms with Gasteiger partial charge in [-0.25, -0.2) is 4.98 Å². The Bertz CT molecular complexity index is 1040. The molecule has 1 aliphatic rings. The van der Waals surface area contributed by atoms with Gasteiger partial charge < -0.3 is 19.1 Å². The van der Waals surface area contributed by atoms with Gasteiger partial charge >= 0.3 is 0 Å². The molecule has 0 amide bonds. The van der Waals surface area contributed by atoms with E-state index in [2.05, 4.69) is 16.0 Å². The van der Waals surface area contributed by atoms with Crippen molar-refractivity contribution in [3.05, 3.63) is 40.7 Å². The van der Waals surface area contributed by atoms with Crippen molar-refractivity contribution < 1.29 is 14.2 Å². The van der Waals surface area contributed by atoms with E-state index in [1.54, 1.807) is 20.3 Å². The van der Waals surface area contributed by atoms with Crippen molar-refractivity contribution in [3.63, 3.8) is 0 Å². The van der Waals surface area contributed by atoms with Gasteiger partial charge in [-0.3, -0.25) is 4.98 Å². The van der Waals surface area contributed by atoms with Crippen molar-refractivity contribution in [1.82, 2.24) is 9.97 Å². The number of benzene rings is 1. The van der Waals surface area contributed by atoms with E-state index in [4.69, 9.17) is 30.8 Å². The number of methoxy groups -OCH3 is 2. The number of ether oxygens (including phenoxy) is 3. The fourth-order valence-corrected chi connectivity index (χ4v) is 4.10. The molecule has 0 saturated carbocycles. The summed E-state index contributed by atoms with van der Waals surface area (Å²) in [5.74, 6) is 2.13. The maximum atomic E-state index is 6.72. The van der Waals surface area contributed by atoms with Gasteiger partial charge in [0.05, 0.1) is 31.5 Å². The number of fused-ring (bicyclic) bond motifs is 1. The normalized spacial score (nSPS) is 14.3. The van der Waals surface area contributed by atoms with Gasteiger partial charge in [-0.1, -0.05) is 11.6 Å². The molecule has 4 rings (SSSR count). The molecule has 0 bridgehead atoms. The minimum atomic E-state index is 0.513. The molecule has 0 radical (unpaired) electrons. The van der Waals surface area contributed by atoms with Gasteiger partial charge in [0.2, 0.25) is 0 Å². The fraction of sp³-hybridized carbons (Fsp3) is 0.364. The zero-order chi connectivity index (χ0) is 20.5. The zero-order valence-electron chi connectivity index (χ0n) is 17.1. The summed E-state index contributed by atoms with van der Waals surface area (Å²) in [5.41, 5.74) is 3.41. The standard InChI is InChI=1S/C22H24ClN3O3/c1-13-8-16-15(11-24-13)9-17(25-22(16)26-6-5-7-29-12-26)20-14(2)18(27-3)10-19(28-4)21(20)23/h8-11H,5-7,12H2,1-4H3. The van der Waals surface area contributed by atoms with Gasteiger partial charge in [-0.15, -0.1) is 0 Å². The predicted molar refractivity (Wildman–Crippen MR) is 115 cm³/mol. The summed E-state index contributed by atoms with van der Waals surface area (Å²) in [6, 6.07) is 5.88. The first-order valence-corrected chi connectivity index (χ1v) is 9.92. The highest BCUT2D eigenvalue weighted by Crippen LogP contribution is 2.43. The third-order valence-corrected chi connectivity index (χ3v) is 5.61. The van der Waals surface area contributed by atoms with Gasteiger partial charge in [-0.05, 0) is 32.4 Å². The molecular weight excluding hydrogens is 390 g/mol. The molecule has 1 aromatic carbocycles. The van der Waals surface area contributed by atoms with Gasteiger partial charge in [0.15, 0.2) is 0 Å². The molecule has 0 atom stereocenters. The maximum Gasteiger partial charge on any atom is 0.141 e. The second kappa shape index (κ2) is 8.05. The van der Waals surface area contributed by atoms with Crippen LogP contribution in [0.15, 0.2) is 24.4 Å². The molecule has 3 aromatic rings.